The Morgan fingerprint density at radius 1 is 1.11 bits per heavy atom. The number of likely N-dealkylation sites (tertiary alicyclic amines) is 1. The zero-order valence-corrected chi connectivity index (χ0v) is 14.8. The minimum Gasteiger partial charge on any atom is -0.354 e. The van der Waals surface area contributed by atoms with Gasteiger partial charge in [0.1, 0.15) is 6.04 Å². The van der Waals surface area contributed by atoms with Crippen molar-refractivity contribution in [1.29, 1.82) is 0 Å². The average molecular weight is 367 g/mol. The summed E-state index contributed by atoms with van der Waals surface area (Å²) in [5, 5.41) is 13.7. The molecule has 0 spiro atoms. The van der Waals surface area contributed by atoms with Crippen LogP contribution in [0.2, 0.25) is 0 Å². The van der Waals surface area contributed by atoms with Gasteiger partial charge in [0.05, 0.1) is 4.92 Å². The van der Waals surface area contributed by atoms with Gasteiger partial charge in [-0.05, 0) is 24.0 Å². The first kappa shape index (κ1) is 18.6. The minimum atomic E-state index is -0.497. The van der Waals surface area contributed by atoms with Crippen LogP contribution in [0.5, 0.6) is 0 Å². The highest BCUT2D eigenvalue weighted by atomic mass is 16.6. The summed E-state index contributed by atoms with van der Waals surface area (Å²) in [6, 6.07) is 15.4. The molecule has 1 N–H and O–H groups in total. The summed E-state index contributed by atoms with van der Waals surface area (Å²) < 4.78 is 0. The van der Waals surface area contributed by atoms with E-state index >= 15 is 0 Å². The van der Waals surface area contributed by atoms with Crippen LogP contribution in [0.1, 0.15) is 24.0 Å². The molecule has 2 aromatic carbocycles. The molecule has 7 heteroatoms. The predicted octanol–water partition coefficient (Wildman–Crippen LogP) is 2.44. The van der Waals surface area contributed by atoms with E-state index in [0.29, 0.717) is 19.4 Å². The molecular formula is C20H21N3O4. The maximum absolute atomic E-state index is 12.5. The van der Waals surface area contributed by atoms with Crippen LogP contribution in [0.15, 0.2) is 54.6 Å². The Kier molecular flexibility index (Phi) is 5.80. The van der Waals surface area contributed by atoms with Crippen molar-refractivity contribution in [2.45, 2.75) is 31.8 Å². The fraction of sp³-hybridized carbons (Fsp3) is 0.300. The molecule has 0 saturated carbocycles. The van der Waals surface area contributed by atoms with E-state index in [0.717, 1.165) is 17.5 Å². The zero-order valence-electron chi connectivity index (χ0n) is 14.8. The number of nitro groups is 1. The SMILES string of the molecule is O=C(NCCc1ccccc1)[C@@H]1CCC(=O)N1Cc1ccc([N+](=O)[O-])cc1. The molecule has 1 atom stereocenters. The molecule has 1 fully saturated rings. The lowest BCUT2D eigenvalue weighted by Crippen LogP contribution is -2.44. The van der Waals surface area contributed by atoms with E-state index in [1.165, 1.54) is 12.1 Å². The molecule has 7 nitrogen and oxygen atoms in total. The van der Waals surface area contributed by atoms with Crippen molar-refractivity contribution in [3.8, 4) is 0 Å². The number of nitro benzene ring substituents is 1. The van der Waals surface area contributed by atoms with Gasteiger partial charge < -0.3 is 10.2 Å². The molecule has 27 heavy (non-hydrogen) atoms. The summed E-state index contributed by atoms with van der Waals surface area (Å²) in [7, 11) is 0. The highest BCUT2D eigenvalue weighted by molar-refractivity contribution is 5.90. The Labute approximate surface area is 157 Å². The number of benzene rings is 2. The lowest BCUT2D eigenvalue weighted by atomic mass is 10.1. The van der Waals surface area contributed by atoms with E-state index in [4.69, 9.17) is 0 Å². The van der Waals surface area contributed by atoms with Gasteiger partial charge >= 0.3 is 0 Å². The molecule has 0 aliphatic carbocycles. The quantitative estimate of drug-likeness (QED) is 0.601. The second kappa shape index (κ2) is 8.44. The molecular weight excluding hydrogens is 346 g/mol. The summed E-state index contributed by atoms with van der Waals surface area (Å²) in [6.45, 7) is 0.784. The summed E-state index contributed by atoms with van der Waals surface area (Å²) >= 11 is 0. The van der Waals surface area contributed by atoms with E-state index in [1.807, 2.05) is 30.3 Å². The molecule has 0 bridgehead atoms. The number of amides is 2. The van der Waals surface area contributed by atoms with E-state index in [9.17, 15) is 19.7 Å². The fourth-order valence-corrected chi connectivity index (χ4v) is 3.22. The molecule has 140 valence electrons. The first-order valence-electron chi connectivity index (χ1n) is 8.89. The summed E-state index contributed by atoms with van der Waals surface area (Å²) in [6.07, 6.45) is 1.56. The van der Waals surface area contributed by atoms with Crippen LogP contribution in [-0.2, 0) is 22.6 Å². The normalized spacial score (nSPS) is 16.4. The van der Waals surface area contributed by atoms with Crippen LogP contribution in [0, 0.1) is 10.1 Å². The largest absolute Gasteiger partial charge is 0.354 e. The van der Waals surface area contributed by atoms with E-state index in [1.54, 1.807) is 17.0 Å². The van der Waals surface area contributed by atoms with Crippen molar-refractivity contribution in [2.75, 3.05) is 6.54 Å². The van der Waals surface area contributed by atoms with Gasteiger partial charge in [0, 0.05) is 31.6 Å². The van der Waals surface area contributed by atoms with Gasteiger partial charge in [-0.15, -0.1) is 0 Å². The predicted molar refractivity (Wildman–Crippen MR) is 99.8 cm³/mol. The monoisotopic (exact) mass is 367 g/mol. The van der Waals surface area contributed by atoms with Gasteiger partial charge in [-0.1, -0.05) is 42.5 Å². The van der Waals surface area contributed by atoms with Crippen LogP contribution in [0.3, 0.4) is 0 Å². The number of rotatable bonds is 7. The Hall–Kier alpha value is -3.22. The Balaban J connectivity index is 1.58. The van der Waals surface area contributed by atoms with Gasteiger partial charge in [-0.25, -0.2) is 0 Å². The Morgan fingerprint density at radius 3 is 2.48 bits per heavy atom. The molecule has 0 unspecified atom stereocenters. The van der Waals surface area contributed by atoms with Crippen LogP contribution in [0.4, 0.5) is 5.69 Å². The third kappa shape index (κ3) is 4.69. The Morgan fingerprint density at radius 2 is 1.81 bits per heavy atom. The second-order valence-corrected chi connectivity index (χ2v) is 6.53. The number of carbonyl (C=O) groups is 2. The number of hydrogen-bond donors (Lipinski definition) is 1. The molecule has 1 aliphatic heterocycles. The molecule has 2 amide bonds. The lowest BCUT2D eigenvalue weighted by Gasteiger charge is -2.24. The first-order valence-corrected chi connectivity index (χ1v) is 8.89. The van der Waals surface area contributed by atoms with E-state index < -0.39 is 11.0 Å². The highest BCUT2D eigenvalue weighted by Gasteiger charge is 2.35. The maximum atomic E-state index is 12.5. The van der Waals surface area contributed by atoms with Crippen LogP contribution in [-0.4, -0.2) is 34.2 Å². The molecule has 1 aliphatic rings. The summed E-state index contributed by atoms with van der Waals surface area (Å²) in [4.78, 5) is 36.6. The van der Waals surface area contributed by atoms with Gasteiger partial charge in [-0.2, -0.15) is 0 Å². The molecule has 1 saturated heterocycles. The molecule has 0 radical (unpaired) electrons. The highest BCUT2D eigenvalue weighted by Crippen LogP contribution is 2.22. The van der Waals surface area contributed by atoms with Crippen molar-refractivity contribution in [3.05, 3.63) is 75.8 Å². The second-order valence-electron chi connectivity index (χ2n) is 6.53. The van der Waals surface area contributed by atoms with Crippen molar-refractivity contribution in [2.24, 2.45) is 0 Å². The number of nitrogens with zero attached hydrogens (tertiary/aromatic N) is 2. The lowest BCUT2D eigenvalue weighted by molar-refractivity contribution is -0.384. The minimum absolute atomic E-state index is 0.00158. The molecule has 3 rings (SSSR count). The molecule has 1 heterocycles. The number of non-ortho nitro benzene ring substituents is 1. The third-order valence-electron chi connectivity index (χ3n) is 4.69. The number of hydrogen-bond acceptors (Lipinski definition) is 4. The zero-order chi connectivity index (χ0) is 19.2. The maximum Gasteiger partial charge on any atom is 0.269 e. The standard InChI is InChI=1S/C20H21N3O4/c24-19-11-10-18(20(25)21-13-12-15-4-2-1-3-5-15)22(19)14-16-6-8-17(9-7-16)23(26)27/h1-9,18H,10-14H2,(H,21,25)/t18-/m0/s1. The summed E-state index contributed by atoms with van der Waals surface area (Å²) in [5.74, 6) is -0.227. The fourth-order valence-electron chi connectivity index (χ4n) is 3.22. The third-order valence-corrected chi connectivity index (χ3v) is 4.69. The van der Waals surface area contributed by atoms with Crippen molar-refractivity contribution in [1.82, 2.24) is 10.2 Å². The van der Waals surface area contributed by atoms with Crippen LogP contribution in [0.25, 0.3) is 0 Å². The smallest absolute Gasteiger partial charge is 0.269 e. The topological polar surface area (TPSA) is 92.6 Å². The van der Waals surface area contributed by atoms with Gasteiger partial charge in [0.15, 0.2) is 0 Å². The van der Waals surface area contributed by atoms with Gasteiger partial charge in [-0.3, -0.25) is 19.7 Å². The Bertz CT molecular complexity index is 821. The number of carbonyl (C=O) groups excluding carboxylic acids is 2. The molecule has 2 aromatic rings. The van der Waals surface area contributed by atoms with Crippen molar-refractivity contribution in [3.63, 3.8) is 0 Å². The van der Waals surface area contributed by atoms with Crippen molar-refractivity contribution >= 4 is 17.5 Å². The van der Waals surface area contributed by atoms with Gasteiger partial charge in [0.2, 0.25) is 11.8 Å². The van der Waals surface area contributed by atoms with Crippen LogP contribution >= 0.6 is 0 Å². The summed E-state index contributed by atoms with van der Waals surface area (Å²) in [5.41, 5.74) is 1.91. The van der Waals surface area contributed by atoms with E-state index in [-0.39, 0.29) is 24.0 Å². The average Bonchev–Trinajstić information content (AvgIpc) is 3.03. The van der Waals surface area contributed by atoms with E-state index in [2.05, 4.69) is 5.32 Å². The van der Waals surface area contributed by atoms with Gasteiger partial charge in [0.25, 0.3) is 5.69 Å². The number of nitrogens with one attached hydrogen (secondary N) is 1. The van der Waals surface area contributed by atoms with Crippen LogP contribution < -0.4 is 5.32 Å². The molecule has 0 aromatic heterocycles. The first-order chi connectivity index (χ1) is 13.0. The van der Waals surface area contributed by atoms with Crippen molar-refractivity contribution < 1.29 is 14.5 Å².